The van der Waals surface area contributed by atoms with Crippen LogP contribution >= 0.6 is 0 Å². The summed E-state index contributed by atoms with van der Waals surface area (Å²) in [7, 11) is 0. The Hall–Kier alpha value is -2.09. The van der Waals surface area contributed by atoms with Crippen molar-refractivity contribution >= 4 is 5.65 Å². The SMILES string of the molecule is [c]1cccc(-c2cn3ccccc3n2)c1. The van der Waals surface area contributed by atoms with Gasteiger partial charge < -0.3 is 4.40 Å². The van der Waals surface area contributed by atoms with E-state index in [1.165, 1.54) is 0 Å². The maximum Gasteiger partial charge on any atom is 0.137 e. The van der Waals surface area contributed by atoms with Crippen molar-refractivity contribution in [1.82, 2.24) is 9.38 Å². The summed E-state index contributed by atoms with van der Waals surface area (Å²) in [6, 6.07) is 16.9. The summed E-state index contributed by atoms with van der Waals surface area (Å²) in [6.07, 6.45) is 4.02. The van der Waals surface area contributed by atoms with Crippen molar-refractivity contribution in [3.8, 4) is 11.3 Å². The first-order chi connectivity index (χ1) is 7.43. The lowest BCUT2D eigenvalue weighted by atomic mass is 10.2. The van der Waals surface area contributed by atoms with Gasteiger partial charge in [-0.3, -0.25) is 0 Å². The minimum atomic E-state index is 0.969. The number of pyridine rings is 1. The van der Waals surface area contributed by atoms with E-state index < -0.39 is 0 Å². The van der Waals surface area contributed by atoms with Crippen LogP contribution in [0.15, 0.2) is 54.9 Å². The molecule has 0 bridgehead atoms. The van der Waals surface area contributed by atoms with Crippen LogP contribution < -0.4 is 0 Å². The molecule has 0 saturated heterocycles. The van der Waals surface area contributed by atoms with Crippen LogP contribution in [0.2, 0.25) is 0 Å². The number of imidazole rings is 1. The number of benzene rings is 1. The second-order valence-electron chi connectivity index (χ2n) is 3.38. The van der Waals surface area contributed by atoms with Crippen LogP contribution in [0.3, 0.4) is 0 Å². The molecule has 0 fully saturated rings. The van der Waals surface area contributed by atoms with Crippen molar-refractivity contribution in [3.05, 3.63) is 60.9 Å². The van der Waals surface area contributed by atoms with Crippen LogP contribution in [0.4, 0.5) is 0 Å². The predicted molar refractivity (Wildman–Crippen MR) is 59.5 cm³/mol. The summed E-state index contributed by atoms with van der Waals surface area (Å²) < 4.78 is 2.02. The van der Waals surface area contributed by atoms with Crippen molar-refractivity contribution in [1.29, 1.82) is 0 Å². The monoisotopic (exact) mass is 193 g/mol. The molecule has 3 rings (SSSR count). The Morgan fingerprint density at radius 3 is 2.93 bits per heavy atom. The van der Waals surface area contributed by atoms with Crippen LogP contribution in [0.25, 0.3) is 16.9 Å². The molecule has 2 heteroatoms. The normalized spacial score (nSPS) is 10.7. The van der Waals surface area contributed by atoms with E-state index in [1.54, 1.807) is 0 Å². The number of hydrogen-bond donors (Lipinski definition) is 0. The van der Waals surface area contributed by atoms with Crippen molar-refractivity contribution in [2.45, 2.75) is 0 Å². The highest BCUT2D eigenvalue weighted by Gasteiger charge is 2.01. The third-order valence-electron chi connectivity index (χ3n) is 2.37. The van der Waals surface area contributed by atoms with Gasteiger partial charge in [0, 0.05) is 18.0 Å². The van der Waals surface area contributed by atoms with Crippen LogP contribution in [0.5, 0.6) is 0 Å². The van der Waals surface area contributed by atoms with Crippen LogP contribution in [-0.4, -0.2) is 9.38 Å². The highest BCUT2D eigenvalue weighted by Crippen LogP contribution is 2.17. The number of fused-ring (bicyclic) bond motifs is 1. The van der Waals surface area contributed by atoms with Gasteiger partial charge >= 0.3 is 0 Å². The Morgan fingerprint density at radius 1 is 1.13 bits per heavy atom. The average molecular weight is 193 g/mol. The number of hydrogen-bond acceptors (Lipinski definition) is 1. The van der Waals surface area contributed by atoms with Gasteiger partial charge in [-0.1, -0.05) is 24.3 Å². The first-order valence-corrected chi connectivity index (χ1v) is 4.84. The quantitative estimate of drug-likeness (QED) is 0.581. The second-order valence-corrected chi connectivity index (χ2v) is 3.38. The molecule has 71 valence electrons. The van der Waals surface area contributed by atoms with Crippen molar-refractivity contribution in [3.63, 3.8) is 0 Å². The van der Waals surface area contributed by atoms with E-state index in [0.717, 1.165) is 16.9 Å². The third kappa shape index (κ3) is 1.40. The molecule has 0 aliphatic carbocycles. The van der Waals surface area contributed by atoms with Crippen molar-refractivity contribution in [2.24, 2.45) is 0 Å². The Balaban J connectivity index is 2.21. The summed E-state index contributed by atoms with van der Waals surface area (Å²) in [5.41, 5.74) is 3.05. The summed E-state index contributed by atoms with van der Waals surface area (Å²) in [4.78, 5) is 4.53. The molecule has 15 heavy (non-hydrogen) atoms. The lowest BCUT2D eigenvalue weighted by molar-refractivity contribution is 1.19. The topological polar surface area (TPSA) is 17.3 Å². The van der Waals surface area contributed by atoms with Gasteiger partial charge in [0.15, 0.2) is 0 Å². The smallest absolute Gasteiger partial charge is 0.137 e. The fourth-order valence-electron chi connectivity index (χ4n) is 1.63. The molecule has 0 saturated carbocycles. The highest BCUT2D eigenvalue weighted by atomic mass is 15.0. The molecule has 0 N–H and O–H groups in total. The van der Waals surface area contributed by atoms with E-state index in [9.17, 15) is 0 Å². The zero-order valence-electron chi connectivity index (χ0n) is 8.09. The number of nitrogens with zero attached hydrogens (tertiary/aromatic N) is 2. The summed E-state index contributed by atoms with van der Waals surface area (Å²) in [6.45, 7) is 0. The molecule has 2 nitrogen and oxygen atoms in total. The molecule has 0 amide bonds. The Bertz CT molecular complexity index is 549. The second kappa shape index (κ2) is 3.24. The van der Waals surface area contributed by atoms with Gasteiger partial charge in [0.2, 0.25) is 0 Å². The van der Waals surface area contributed by atoms with E-state index >= 15 is 0 Å². The fourth-order valence-corrected chi connectivity index (χ4v) is 1.63. The van der Waals surface area contributed by atoms with E-state index in [2.05, 4.69) is 11.1 Å². The van der Waals surface area contributed by atoms with Gasteiger partial charge in [-0.15, -0.1) is 0 Å². The molecule has 1 radical (unpaired) electrons. The van der Waals surface area contributed by atoms with Gasteiger partial charge in [0.25, 0.3) is 0 Å². The van der Waals surface area contributed by atoms with E-state index in [1.807, 2.05) is 59.3 Å². The maximum absolute atomic E-state index is 4.53. The van der Waals surface area contributed by atoms with Gasteiger partial charge in [0.05, 0.1) is 5.69 Å². The minimum Gasteiger partial charge on any atom is -0.306 e. The Morgan fingerprint density at radius 2 is 2.13 bits per heavy atom. The Labute approximate surface area is 87.8 Å². The lowest BCUT2D eigenvalue weighted by Crippen LogP contribution is -1.77. The summed E-state index contributed by atoms with van der Waals surface area (Å²) in [5, 5.41) is 0. The van der Waals surface area contributed by atoms with Gasteiger partial charge in [-0.05, 0) is 24.3 Å². The number of rotatable bonds is 1. The molecule has 0 unspecified atom stereocenters. The molecule has 0 atom stereocenters. The Kier molecular flexibility index (Phi) is 1.78. The van der Waals surface area contributed by atoms with Crippen molar-refractivity contribution < 1.29 is 0 Å². The third-order valence-corrected chi connectivity index (χ3v) is 2.37. The highest BCUT2D eigenvalue weighted by molar-refractivity contribution is 5.62. The van der Waals surface area contributed by atoms with Gasteiger partial charge in [-0.25, -0.2) is 4.98 Å². The molecule has 3 aromatic rings. The summed E-state index contributed by atoms with van der Waals surface area (Å²) >= 11 is 0. The molecule has 0 aliphatic heterocycles. The van der Waals surface area contributed by atoms with Gasteiger partial charge in [0.1, 0.15) is 5.65 Å². The first kappa shape index (κ1) is 8.24. The molecular formula is C13H9N2. The van der Waals surface area contributed by atoms with Crippen LogP contribution in [-0.2, 0) is 0 Å². The van der Waals surface area contributed by atoms with Gasteiger partial charge in [-0.2, -0.15) is 0 Å². The average Bonchev–Trinajstić information content (AvgIpc) is 2.74. The molecule has 1 aromatic carbocycles. The molecule has 0 aliphatic rings. The van der Waals surface area contributed by atoms with E-state index in [-0.39, 0.29) is 0 Å². The molecular weight excluding hydrogens is 184 g/mol. The standard InChI is InChI=1S/C13H9N2/c1-2-6-11(7-3-1)12-10-15-9-5-4-8-13(15)14-12/h1-2,4-10H. The number of aromatic nitrogens is 2. The largest absolute Gasteiger partial charge is 0.306 e. The predicted octanol–water partition coefficient (Wildman–Crippen LogP) is 2.80. The molecule has 2 heterocycles. The first-order valence-electron chi connectivity index (χ1n) is 4.84. The maximum atomic E-state index is 4.53. The van der Waals surface area contributed by atoms with E-state index in [0.29, 0.717) is 0 Å². The minimum absolute atomic E-state index is 0.969. The van der Waals surface area contributed by atoms with E-state index in [4.69, 9.17) is 0 Å². The van der Waals surface area contributed by atoms with Crippen molar-refractivity contribution in [2.75, 3.05) is 0 Å². The summed E-state index contributed by atoms with van der Waals surface area (Å²) in [5.74, 6) is 0. The molecule has 0 spiro atoms. The lowest BCUT2D eigenvalue weighted by Gasteiger charge is -1.92. The van der Waals surface area contributed by atoms with Crippen LogP contribution in [0, 0.1) is 6.07 Å². The zero-order valence-corrected chi connectivity index (χ0v) is 8.09. The fraction of sp³-hybridized carbons (Fsp3) is 0. The van der Waals surface area contributed by atoms with Crippen LogP contribution in [0.1, 0.15) is 0 Å². The zero-order chi connectivity index (χ0) is 10.1. The molecule has 2 aromatic heterocycles.